The van der Waals surface area contributed by atoms with E-state index in [4.69, 9.17) is 10.2 Å². The Morgan fingerprint density at radius 3 is 2.59 bits per heavy atom. The van der Waals surface area contributed by atoms with Crippen LogP contribution in [0.4, 0.5) is 4.79 Å². The zero-order valence-electron chi connectivity index (χ0n) is 16.9. The summed E-state index contributed by atoms with van der Waals surface area (Å²) in [5.41, 5.74) is 0.761. The summed E-state index contributed by atoms with van der Waals surface area (Å²) in [5, 5.41) is 19.6. The lowest BCUT2D eigenvalue weighted by atomic mass is 10.0. The number of carboxylic acid groups (broad SMARTS) is 1. The van der Waals surface area contributed by atoms with E-state index >= 15 is 0 Å². The van der Waals surface area contributed by atoms with Gasteiger partial charge in [-0.15, -0.1) is 0 Å². The first-order valence-corrected chi connectivity index (χ1v) is 9.67. The molecule has 0 saturated carbocycles. The van der Waals surface area contributed by atoms with Gasteiger partial charge in [0, 0.05) is 12.7 Å². The number of aromatic nitrogens is 3. The Morgan fingerprint density at radius 1 is 1.21 bits per heavy atom. The van der Waals surface area contributed by atoms with Gasteiger partial charge in [-0.1, -0.05) is 37.3 Å². The number of fused-ring (bicyclic) bond motifs is 1. The molecule has 0 saturated heterocycles. The Hall–Kier alpha value is -3.13. The molecule has 1 amide bonds. The molecule has 0 aliphatic heterocycles. The Balaban J connectivity index is 1.98. The van der Waals surface area contributed by atoms with Crippen molar-refractivity contribution in [3.05, 3.63) is 70.4 Å². The number of amides is 1. The highest BCUT2D eigenvalue weighted by atomic mass is 16.4. The molecule has 8 heteroatoms. The lowest BCUT2D eigenvalue weighted by Crippen LogP contribution is -2.50. The minimum atomic E-state index is -1.07. The largest absolute Gasteiger partial charge is 0.465 e. The van der Waals surface area contributed by atoms with Gasteiger partial charge in [-0.2, -0.15) is 5.10 Å². The van der Waals surface area contributed by atoms with Crippen molar-refractivity contribution >= 4 is 11.6 Å². The average Bonchev–Trinajstić information content (AvgIpc) is 3.13. The van der Waals surface area contributed by atoms with Gasteiger partial charge in [0.1, 0.15) is 11.3 Å². The molecule has 8 nitrogen and oxygen atoms in total. The van der Waals surface area contributed by atoms with Crippen molar-refractivity contribution in [2.24, 2.45) is 0 Å². The number of rotatable bonds is 8. The second-order valence-corrected chi connectivity index (χ2v) is 7.73. The summed E-state index contributed by atoms with van der Waals surface area (Å²) in [6, 6.07) is 13.1. The standard InChI is InChI=1S/C21H27N5O3/c1-4-16(22-14-21(2,3)23-20(28)29)18-24-26-12-8-11-17(26)19(27)25(18)13-15-9-6-5-7-10-15/h5-12,16,22-23H,4,13-14H2,1-3H3,(H,28,29). The van der Waals surface area contributed by atoms with Crippen LogP contribution in [-0.4, -0.2) is 37.5 Å². The van der Waals surface area contributed by atoms with Crippen LogP contribution in [0.5, 0.6) is 0 Å². The van der Waals surface area contributed by atoms with E-state index in [1.165, 1.54) is 0 Å². The van der Waals surface area contributed by atoms with Gasteiger partial charge in [0.2, 0.25) is 0 Å². The maximum atomic E-state index is 13.2. The minimum absolute atomic E-state index is 0.105. The number of benzene rings is 1. The molecule has 0 fully saturated rings. The van der Waals surface area contributed by atoms with Crippen LogP contribution in [0.2, 0.25) is 0 Å². The molecule has 2 heterocycles. The quantitative estimate of drug-likeness (QED) is 0.542. The van der Waals surface area contributed by atoms with Crippen molar-refractivity contribution in [1.82, 2.24) is 24.8 Å². The molecule has 3 N–H and O–H groups in total. The van der Waals surface area contributed by atoms with Gasteiger partial charge >= 0.3 is 6.09 Å². The number of nitrogens with one attached hydrogen (secondary N) is 2. The molecular weight excluding hydrogens is 370 g/mol. The van der Waals surface area contributed by atoms with E-state index in [0.29, 0.717) is 30.9 Å². The monoisotopic (exact) mass is 397 g/mol. The second-order valence-electron chi connectivity index (χ2n) is 7.73. The predicted molar refractivity (Wildman–Crippen MR) is 111 cm³/mol. The van der Waals surface area contributed by atoms with Gasteiger partial charge in [-0.05, 0) is 38.0 Å². The molecule has 29 heavy (non-hydrogen) atoms. The van der Waals surface area contributed by atoms with E-state index in [2.05, 4.69) is 10.6 Å². The van der Waals surface area contributed by atoms with Crippen molar-refractivity contribution in [1.29, 1.82) is 0 Å². The lowest BCUT2D eigenvalue weighted by Gasteiger charge is -2.28. The van der Waals surface area contributed by atoms with E-state index in [9.17, 15) is 9.59 Å². The highest BCUT2D eigenvalue weighted by Crippen LogP contribution is 2.16. The Kier molecular flexibility index (Phi) is 6.03. The van der Waals surface area contributed by atoms with Crippen LogP contribution in [-0.2, 0) is 6.54 Å². The number of hydrogen-bond acceptors (Lipinski definition) is 4. The van der Waals surface area contributed by atoms with Crippen LogP contribution in [0.15, 0.2) is 53.5 Å². The smallest absolute Gasteiger partial charge is 0.405 e. The molecular formula is C21H27N5O3. The van der Waals surface area contributed by atoms with Gasteiger partial charge in [0.05, 0.1) is 18.1 Å². The summed E-state index contributed by atoms with van der Waals surface area (Å²) in [5.74, 6) is 0.621. The van der Waals surface area contributed by atoms with Crippen molar-refractivity contribution in [2.75, 3.05) is 6.54 Å². The van der Waals surface area contributed by atoms with E-state index in [0.717, 1.165) is 5.56 Å². The first kappa shape index (κ1) is 20.6. The Morgan fingerprint density at radius 2 is 1.93 bits per heavy atom. The number of carbonyl (C=O) groups is 1. The third kappa shape index (κ3) is 4.83. The van der Waals surface area contributed by atoms with Crippen molar-refractivity contribution in [3.8, 4) is 0 Å². The second kappa shape index (κ2) is 8.48. The summed E-state index contributed by atoms with van der Waals surface area (Å²) in [4.78, 5) is 24.2. The maximum Gasteiger partial charge on any atom is 0.405 e. The van der Waals surface area contributed by atoms with Gasteiger partial charge < -0.3 is 15.7 Å². The summed E-state index contributed by atoms with van der Waals surface area (Å²) < 4.78 is 3.30. The first-order valence-electron chi connectivity index (χ1n) is 9.67. The highest BCUT2D eigenvalue weighted by Gasteiger charge is 2.24. The number of hydrogen-bond donors (Lipinski definition) is 3. The van der Waals surface area contributed by atoms with E-state index in [-0.39, 0.29) is 11.6 Å². The zero-order chi connectivity index (χ0) is 21.0. The van der Waals surface area contributed by atoms with Crippen LogP contribution >= 0.6 is 0 Å². The van der Waals surface area contributed by atoms with Gasteiger partial charge in [0.15, 0.2) is 0 Å². The van der Waals surface area contributed by atoms with Crippen LogP contribution < -0.4 is 16.2 Å². The van der Waals surface area contributed by atoms with E-state index < -0.39 is 11.6 Å². The van der Waals surface area contributed by atoms with Crippen LogP contribution in [0.25, 0.3) is 5.52 Å². The molecule has 3 rings (SSSR count). The predicted octanol–water partition coefficient (Wildman–Crippen LogP) is 2.63. The third-order valence-corrected chi connectivity index (χ3v) is 4.82. The molecule has 1 unspecified atom stereocenters. The van der Waals surface area contributed by atoms with E-state index in [1.807, 2.05) is 37.3 Å². The fourth-order valence-corrected chi connectivity index (χ4v) is 3.34. The van der Waals surface area contributed by atoms with Gasteiger partial charge in [0.25, 0.3) is 5.56 Å². The zero-order valence-corrected chi connectivity index (χ0v) is 16.9. The fraction of sp³-hybridized carbons (Fsp3) is 0.381. The molecule has 0 spiro atoms. The maximum absolute atomic E-state index is 13.2. The summed E-state index contributed by atoms with van der Waals surface area (Å²) in [6.45, 7) is 6.43. The summed E-state index contributed by atoms with van der Waals surface area (Å²) in [6.07, 6.45) is 1.38. The van der Waals surface area contributed by atoms with Crippen LogP contribution in [0.1, 0.15) is 44.6 Å². The van der Waals surface area contributed by atoms with E-state index in [1.54, 1.807) is 41.3 Å². The van der Waals surface area contributed by atoms with Crippen molar-refractivity contribution in [3.63, 3.8) is 0 Å². The molecule has 2 aromatic heterocycles. The SMILES string of the molecule is CCC(NCC(C)(C)NC(=O)O)c1nn2cccc2c(=O)n1Cc1ccccc1. The molecule has 1 atom stereocenters. The topological polar surface area (TPSA) is 101 Å². The minimum Gasteiger partial charge on any atom is -0.465 e. The first-order chi connectivity index (χ1) is 13.8. The van der Waals surface area contributed by atoms with Crippen molar-refractivity contribution < 1.29 is 9.90 Å². The van der Waals surface area contributed by atoms with Gasteiger partial charge in [-0.3, -0.25) is 9.36 Å². The Labute approximate surface area is 169 Å². The third-order valence-electron chi connectivity index (χ3n) is 4.82. The molecule has 0 bridgehead atoms. The van der Waals surface area contributed by atoms with Crippen LogP contribution in [0.3, 0.4) is 0 Å². The lowest BCUT2D eigenvalue weighted by molar-refractivity contribution is 0.180. The summed E-state index contributed by atoms with van der Waals surface area (Å²) in [7, 11) is 0. The van der Waals surface area contributed by atoms with Crippen molar-refractivity contribution in [2.45, 2.75) is 45.3 Å². The fourth-order valence-electron chi connectivity index (χ4n) is 3.34. The number of nitrogens with zero attached hydrogens (tertiary/aromatic N) is 3. The normalized spacial score (nSPS) is 12.8. The van der Waals surface area contributed by atoms with Gasteiger partial charge in [-0.25, -0.2) is 9.31 Å². The molecule has 0 radical (unpaired) electrons. The highest BCUT2D eigenvalue weighted by molar-refractivity contribution is 5.65. The van der Waals surface area contributed by atoms with Crippen LogP contribution in [0, 0.1) is 0 Å². The molecule has 1 aromatic carbocycles. The molecule has 0 aliphatic carbocycles. The summed E-state index contributed by atoms with van der Waals surface area (Å²) >= 11 is 0. The average molecular weight is 397 g/mol. The molecule has 0 aliphatic rings. The molecule has 154 valence electrons. The Bertz CT molecular complexity index is 1040. The molecule has 3 aromatic rings.